The Balaban J connectivity index is 2.59. The van der Waals surface area contributed by atoms with Crippen molar-refractivity contribution in [3.8, 4) is 11.3 Å². The summed E-state index contributed by atoms with van der Waals surface area (Å²) in [6, 6.07) is 6.66. The van der Waals surface area contributed by atoms with E-state index in [1.165, 1.54) is 4.57 Å². The van der Waals surface area contributed by atoms with Crippen LogP contribution in [0.4, 0.5) is 11.6 Å². The summed E-state index contributed by atoms with van der Waals surface area (Å²) in [7, 11) is 5.20. The van der Waals surface area contributed by atoms with E-state index in [-0.39, 0.29) is 11.3 Å². The van der Waals surface area contributed by atoms with Crippen LogP contribution in [0.2, 0.25) is 0 Å². The number of nitrogens with zero attached hydrogens (tertiary/aromatic N) is 7. The van der Waals surface area contributed by atoms with Crippen molar-refractivity contribution in [3.63, 3.8) is 0 Å². The maximum absolute atomic E-state index is 12.3. The standard InChI is InChI=1S/C12H13N7O/c1-18(2)12-16-15-10(11(20)19(12)3)8-5-4-6-9(7-8)14-17-13/h4-7H,1-3H3. The van der Waals surface area contributed by atoms with Crippen molar-refractivity contribution < 1.29 is 0 Å². The predicted molar refractivity (Wildman–Crippen MR) is 75.8 cm³/mol. The zero-order chi connectivity index (χ0) is 14.7. The third kappa shape index (κ3) is 2.45. The fourth-order valence-electron chi connectivity index (χ4n) is 1.79. The van der Waals surface area contributed by atoms with Crippen molar-refractivity contribution in [2.24, 2.45) is 12.2 Å². The molecule has 0 aliphatic carbocycles. The molecule has 0 aliphatic heterocycles. The Bertz CT molecular complexity index is 744. The summed E-state index contributed by atoms with van der Waals surface area (Å²) in [5.74, 6) is 0.463. The van der Waals surface area contributed by atoms with Gasteiger partial charge in [0.05, 0.1) is 0 Å². The molecule has 0 N–H and O–H groups in total. The smallest absolute Gasteiger partial charge is 0.281 e. The van der Waals surface area contributed by atoms with Crippen molar-refractivity contribution >= 4 is 11.6 Å². The fraction of sp³-hybridized carbons (Fsp3) is 0.250. The van der Waals surface area contributed by atoms with Gasteiger partial charge in [-0.05, 0) is 11.6 Å². The van der Waals surface area contributed by atoms with Crippen LogP contribution in [0.25, 0.3) is 21.7 Å². The summed E-state index contributed by atoms with van der Waals surface area (Å²) in [6.45, 7) is 0. The highest BCUT2D eigenvalue weighted by atomic mass is 16.1. The van der Waals surface area contributed by atoms with Gasteiger partial charge in [-0.3, -0.25) is 9.36 Å². The molecule has 0 saturated carbocycles. The fourth-order valence-corrected chi connectivity index (χ4v) is 1.79. The topological polar surface area (TPSA) is 99.8 Å². The van der Waals surface area contributed by atoms with E-state index in [1.807, 2.05) is 0 Å². The Morgan fingerprint density at radius 3 is 2.75 bits per heavy atom. The molecule has 0 saturated heterocycles. The molecule has 0 amide bonds. The third-order valence-electron chi connectivity index (χ3n) is 2.73. The van der Waals surface area contributed by atoms with E-state index in [0.717, 1.165) is 0 Å². The Labute approximate surface area is 114 Å². The van der Waals surface area contributed by atoms with Crippen molar-refractivity contribution in [2.75, 3.05) is 19.0 Å². The molecular weight excluding hydrogens is 258 g/mol. The Hall–Kier alpha value is -2.86. The molecule has 1 aromatic heterocycles. The summed E-state index contributed by atoms with van der Waals surface area (Å²) in [4.78, 5) is 16.7. The van der Waals surface area contributed by atoms with Gasteiger partial charge in [0.2, 0.25) is 5.95 Å². The first-order valence-electron chi connectivity index (χ1n) is 5.81. The van der Waals surface area contributed by atoms with Gasteiger partial charge in [0, 0.05) is 37.3 Å². The van der Waals surface area contributed by atoms with Crippen LogP contribution in [0.3, 0.4) is 0 Å². The number of aromatic nitrogens is 3. The highest BCUT2D eigenvalue weighted by molar-refractivity contribution is 5.62. The van der Waals surface area contributed by atoms with Gasteiger partial charge >= 0.3 is 0 Å². The normalized spacial score (nSPS) is 9.95. The molecule has 102 valence electrons. The minimum absolute atomic E-state index is 0.216. The monoisotopic (exact) mass is 271 g/mol. The maximum atomic E-state index is 12.3. The lowest BCUT2D eigenvalue weighted by atomic mass is 10.1. The van der Waals surface area contributed by atoms with Crippen LogP contribution in [-0.4, -0.2) is 28.9 Å². The number of hydrogen-bond acceptors (Lipinski definition) is 5. The summed E-state index contributed by atoms with van der Waals surface area (Å²) in [5.41, 5.74) is 9.37. The van der Waals surface area contributed by atoms with E-state index in [1.54, 1.807) is 50.3 Å². The van der Waals surface area contributed by atoms with Gasteiger partial charge in [0.1, 0.15) is 0 Å². The van der Waals surface area contributed by atoms with Crippen molar-refractivity contribution in [1.82, 2.24) is 14.8 Å². The Morgan fingerprint density at radius 2 is 2.10 bits per heavy atom. The van der Waals surface area contributed by atoms with Crippen molar-refractivity contribution in [1.29, 1.82) is 0 Å². The average molecular weight is 271 g/mol. The molecule has 0 bridgehead atoms. The van der Waals surface area contributed by atoms with Gasteiger partial charge < -0.3 is 4.90 Å². The molecule has 1 heterocycles. The summed E-state index contributed by atoms with van der Waals surface area (Å²) in [5, 5.41) is 11.5. The zero-order valence-corrected chi connectivity index (χ0v) is 11.3. The lowest BCUT2D eigenvalue weighted by Gasteiger charge is -2.14. The largest absolute Gasteiger partial charge is 0.347 e. The molecule has 2 rings (SSSR count). The minimum atomic E-state index is -0.262. The SMILES string of the molecule is CN(C)c1nnc(-c2cccc(N=[N+]=[N-])c2)c(=O)n1C. The van der Waals surface area contributed by atoms with E-state index >= 15 is 0 Å². The second-order valence-electron chi connectivity index (χ2n) is 4.35. The van der Waals surface area contributed by atoms with Gasteiger partial charge in [-0.25, -0.2) is 0 Å². The molecule has 0 unspecified atom stereocenters. The minimum Gasteiger partial charge on any atom is -0.347 e. The van der Waals surface area contributed by atoms with E-state index < -0.39 is 0 Å². The Morgan fingerprint density at radius 1 is 1.35 bits per heavy atom. The van der Waals surface area contributed by atoms with Gasteiger partial charge in [0.15, 0.2) is 5.69 Å². The first kappa shape index (κ1) is 13.6. The quantitative estimate of drug-likeness (QED) is 0.483. The van der Waals surface area contributed by atoms with Crippen molar-refractivity contribution in [3.05, 3.63) is 45.1 Å². The highest BCUT2D eigenvalue weighted by Gasteiger charge is 2.12. The first-order chi connectivity index (χ1) is 9.54. The van der Waals surface area contributed by atoms with Gasteiger partial charge in [-0.15, -0.1) is 10.2 Å². The maximum Gasteiger partial charge on any atom is 0.281 e. The molecule has 0 spiro atoms. The predicted octanol–water partition coefficient (Wildman–Crippen LogP) is 1.85. The number of anilines is 1. The molecule has 20 heavy (non-hydrogen) atoms. The molecule has 1 aromatic carbocycles. The molecule has 0 fully saturated rings. The second kappa shape index (κ2) is 5.41. The highest BCUT2D eigenvalue weighted by Crippen LogP contribution is 2.20. The van der Waals surface area contributed by atoms with Crippen molar-refractivity contribution in [2.45, 2.75) is 0 Å². The molecule has 0 aliphatic rings. The number of hydrogen-bond donors (Lipinski definition) is 0. The van der Waals surface area contributed by atoms with Crippen LogP contribution in [0.15, 0.2) is 34.2 Å². The van der Waals surface area contributed by atoms with E-state index in [2.05, 4.69) is 20.2 Å². The van der Waals surface area contributed by atoms with Crippen LogP contribution in [0.1, 0.15) is 0 Å². The van der Waals surface area contributed by atoms with E-state index in [0.29, 0.717) is 17.2 Å². The van der Waals surface area contributed by atoms with E-state index in [4.69, 9.17) is 5.53 Å². The summed E-state index contributed by atoms with van der Waals surface area (Å²) >= 11 is 0. The molecule has 0 atom stereocenters. The van der Waals surface area contributed by atoms with Gasteiger partial charge in [0.25, 0.3) is 5.56 Å². The van der Waals surface area contributed by atoms with Crippen LogP contribution in [-0.2, 0) is 7.05 Å². The number of rotatable bonds is 3. The van der Waals surface area contributed by atoms with Gasteiger partial charge in [-0.1, -0.05) is 23.3 Å². The van der Waals surface area contributed by atoms with Crippen LogP contribution in [0.5, 0.6) is 0 Å². The lowest BCUT2D eigenvalue weighted by molar-refractivity contribution is 0.756. The third-order valence-corrected chi connectivity index (χ3v) is 2.73. The molecule has 8 nitrogen and oxygen atoms in total. The summed E-state index contributed by atoms with van der Waals surface area (Å²) < 4.78 is 1.42. The van der Waals surface area contributed by atoms with Crippen LogP contribution < -0.4 is 10.5 Å². The molecule has 8 heteroatoms. The van der Waals surface area contributed by atoms with Crippen LogP contribution >= 0.6 is 0 Å². The average Bonchev–Trinajstić information content (AvgIpc) is 2.42. The van der Waals surface area contributed by atoms with Crippen LogP contribution in [0, 0.1) is 0 Å². The second-order valence-corrected chi connectivity index (χ2v) is 4.35. The number of benzene rings is 1. The lowest BCUT2D eigenvalue weighted by Crippen LogP contribution is -2.28. The Kier molecular flexibility index (Phi) is 3.67. The van der Waals surface area contributed by atoms with Gasteiger partial charge in [-0.2, -0.15) is 0 Å². The van der Waals surface area contributed by atoms with E-state index in [9.17, 15) is 4.79 Å². The first-order valence-corrected chi connectivity index (χ1v) is 5.81. The molecule has 0 radical (unpaired) electrons. The molecular formula is C12H13N7O. The number of azide groups is 1. The molecule has 2 aromatic rings. The zero-order valence-electron chi connectivity index (χ0n) is 11.3. The summed E-state index contributed by atoms with van der Waals surface area (Å²) in [6.07, 6.45) is 0.